The molecule has 1 fully saturated rings. The van der Waals surface area contributed by atoms with Crippen LogP contribution in [0, 0.1) is 0 Å². The highest BCUT2D eigenvalue weighted by atomic mass is 19.4. The lowest BCUT2D eigenvalue weighted by molar-refractivity contribution is -0.147. The van der Waals surface area contributed by atoms with E-state index in [4.69, 9.17) is 9.47 Å². The number of aromatic nitrogens is 3. The van der Waals surface area contributed by atoms with E-state index in [0.717, 1.165) is 11.7 Å². The molecule has 1 N–H and O–H groups in total. The van der Waals surface area contributed by atoms with Gasteiger partial charge < -0.3 is 14.8 Å². The van der Waals surface area contributed by atoms with E-state index in [2.05, 4.69) is 10.4 Å². The van der Waals surface area contributed by atoms with Gasteiger partial charge in [-0.3, -0.25) is 14.3 Å². The van der Waals surface area contributed by atoms with Gasteiger partial charge in [0.15, 0.2) is 11.5 Å². The zero-order chi connectivity index (χ0) is 22.8. The zero-order valence-electron chi connectivity index (χ0n) is 17.4. The second-order valence-electron chi connectivity index (χ2n) is 7.23. The molecule has 0 unspecified atom stereocenters. The summed E-state index contributed by atoms with van der Waals surface area (Å²) in [5.74, 6) is -0.421. The Balaban J connectivity index is 1.57. The van der Waals surface area contributed by atoms with Crippen molar-refractivity contribution in [1.29, 1.82) is 0 Å². The standard InChI is InChI=1S/C19H24F3N5O4/c1-25-17(19(20,21)22)24-27(18(25)29)13-6-8-26(9-7-13)11-16(28)23-12-4-5-14(30-2)15(10-12)31-3/h4-5,10,13H,6-9,11H2,1-3H3,(H,23,28). The van der Waals surface area contributed by atoms with Crippen molar-refractivity contribution in [2.45, 2.75) is 25.1 Å². The highest BCUT2D eigenvalue weighted by Crippen LogP contribution is 2.30. The van der Waals surface area contributed by atoms with Gasteiger partial charge in [0.2, 0.25) is 11.7 Å². The Morgan fingerprint density at radius 1 is 1.19 bits per heavy atom. The van der Waals surface area contributed by atoms with Crippen LogP contribution in [0.2, 0.25) is 0 Å². The lowest BCUT2D eigenvalue weighted by atomic mass is 10.1. The Morgan fingerprint density at radius 3 is 2.39 bits per heavy atom. The lowest BCUT2D eigenvalue weighted by Gasteiger charge is -2.31. The van der Waals surface area contributed by atoms with Crippen LogP contribution in [0.1, 0.15) is 24.7 Å². The number of methoxy groups -OCH3 is 2. The number of halogens is 3. The minimum Gasteiger partial charge on any atom is -0.493 e. The number of likely N-dealkylation sites (tertiary alicyclic amines) is 1. The Bertz CT molecular complexity index is 993. The fourth-order valence-corrected chi connectivity index (χ4v) is 3.58. The van der Waals surface area contributed by atoms with Crippen LogP contribution in [0.15, 0.2) is 23.0 Å². The maximum Gasteiger partial charge on any atom is 0.451 e. The van der Waals surface area contributed by atoms with E-state index in [1.54, 1.807) is 18.2 Å². The molecule has 1 amide bonds. The van der Waals surface area contributed by atoms with Crippen molar-refractivity contribution in [2.24, 2.45) is 7.05 Å². The molecule has 9 nitrogen and oxygen atoms in total. The summed E-state index contributed by atoms with van der Waals surface area (Å²) in [7, 11) is 4.07. The number of alkyl halides is 3. The summed E-state index contributed by atoms with van der Waals surface area (Å²) in [5, 5.41) is 6.28. The zero-order valence-corrected chi connectivity index (χ0v) is 17.4. The summed E-state index contributed by atoms with van der Waals surface area (Å²) < 4.78 is 50.7. The first-order chi connectivity index (χ1) is 14.6. The second kappa shape index (κ2) is 9.00. The number of rotatable bonds is 6. The van der Waals surface area contributed by atoms with Crippen LogP contribution in [0.25, 0.3) is 0 Å². The van der Waals surface area contributed by atoms with Crippen LogP contribution in [0.3, 0.4) is 0 Å². The Morgan fingerprint density at radius 2 is 1.84 bits per heavy atom. The van der Waals surface area contributed by atoms with Crippen molar-refractivity contribution >= 4 is 11.6 Å². The molecule has 0 atom stereocenters. The van der Waals surface area contributed by atoms with Gasteiger partial charge in [0, 0.05) is 31.9 Å². The Hall–Kier alpha value is -3.02. The number of nitrogens with zero attached hydrogens (tertiary/aromatic N) is 4. The predicted molar refractivity (Wildman–Crippen MR) is 105 cm³/mol. The number of carbonyl (C=O) groups excluding carboxylic acids is 1. The molecule has 0 saturated carbocycles. The normalized spacial score (nSPS) is 15.7. The molecule has 1 aliphatic heterocycles. The average molecular weight is 443 g/mol. The van der Waals surface area contributed by atoms with E-state index < -0.39 is 23.7 Å². The van der Waals surface area contributed by atoms with E-state index in [1.165, 1.54) is 14.2 Å². The maximum atomic E-state index is 13.0. The van der Waals surface area contributed by atoms with Crippen molar-refractivity contribution < 1.29 is 27.4 Å². The minimum absolute atomic E-state index is 0.117. The topological polar surface area (TPSA) is 90.6 Å². The first-order valence-electron chi connectivity index (χ1n) is 9.61. The molecule has 1 aromatic heterocycles. The summed E-state index contributed by atoms with van der Waals surface area (Å²) >= 11 is 0. The van der Waals surface area contributed by atoms with Gasteiger partial charge in [0.1, 0.15) is 0 Å². The van der Waals surface area contributed by atoms with Crippen LogP contribution in [0.4, 0.5) is 18.9 Å². The van der Waals surface area contributed by atoms with E-state index in [1.807, 2.05) is 4.90 Å². The summed E-state index contributed by atoms with van der Waals surface area (Å²) in [4.78, 5) is 26.4. The van der Waals surface area contributed by atoms with Gasteiger partial charge in [-0.15, -0.1) is 5.10 Å². The molecule has 31 heavy (non-hydrogen) atoms. The molecule has 1 aliphatic rings. The Kier molecular flexibility index (Phi) is 6.58. The summed E-state index contributed by atoms with van der Waals surface area (Å²) in [6.07, 6.45) is -3.86. The van der Waals surface area contributed by atoms with Gasteiger partial charge >= 0.3 is 11.9 Å². The van der Waals surface area contributed by atoms with E-state index in [0.29, 0.717) is 47.7 Å². The van der Waals surface area contributed by atoms with Gasteiger partial charge in [-0.1, -0.05) is 0 Å². The molecule has 3 rings (SSSR count). The van der Waals surface area contributed by atoms with Crippen molar-refractivity contribution in [2.75, 3.05) is 39.2 Å². The van der Waals surface area contributed by atoms with Gasteiger partial charge in [-0.05, 0) is 25.0 Å². The number of hydrogen-bond acceptors (Lipinski definition) is 6. The van der Waals surface area contributed by atoms with Gasteiger partial charge in [0.05, 0.1) is 26.8 Å². The molecule has 0 bridgehead atoms. The number of anilines is 1. The van der Waals surface area contributed by atoms with E-state index in [9.17, 15) is 22.8 Å². The number of amides is 1. The van der Waals surface area contributed by atoms with Gasteiger partial charge in [-0.2, -0.15) is 13.2 Å². The Labute approximate surface area is 176 Å². The highest BCUT2D eigenvalue weighted by Gasteiger charge is 2.39. The molecule has 170 valence electrons. The summed E-state index contributed by atoms with van der Waals surface area (Å²) in [6, 6.07) is 4.58. The molecule has 1 saturated heterocycles. The highest BCUT2D eigenvalue weighted by molar-refractivity contribution is 5.92. The predicted octanol–water partition coefficient (Wildman–Crippen LogP) is 1.89. The molecule has 0 radical (unpaired) electrons. The molecule has 0 aliphatic carbocycles. The molecule has 12 heteroatoms. The van der Waals surface area contributed by atoms with Gasteiger partial charge in [-0.25, -0.2) is 9.48 Å². The largest absolute Gasteiger partial charge is 0.493 e. The summed E-state index contributed by atoms with van der Waals surface area (Å²) in [6.45, 7) is 1.02. The first kappa shape index (κ1) is 22.7. The van der Waals surface area contributed by atoms with Crippen molar-refractivity contribution in [3.63, 3.8) is 0 Å². The number of hydrogen-bond donors (Lipinski definition) is 1. The lowest BCUT2D eigenvalue weighted by Crippen LogP contribution is -2.41. The third-order valence-corrected chi connectivity index (χ3v) is 5.19. The fraction of sp³-hybridized carbons (Fsp3) is 0.526. The molecule has 2 heterocycles. The average Bonchev–Trinajstić information content (AvgIpc) is 3.03. The monoisotopic (exact) mass is 443 g/mol. The number of piperidine rings is 1. The van der Waals surface area contributed by atoms with Crippen LogP contribution in [-0.4, -0.2) is 59.0 Å². The summed E-state index contributed by atoms with van der Waals surface area (Å²) in [5.41, 5.74) is -0.241. The van der Waals surface area contributed by atoms with Crippen LogP contribution in [0.5, 0.6) is 11.5 Å². The molecular formula is C19H24F3N5O4. The minimum atomic E-state index is -4.69. The number of carbonyl (C=O) groups is 1. The van der Waals surface area contributed by atoms with Crippen molar-refractivity contribution in [3.8, 4) is 11.5 Å². The van der Waals surface area contributed by atoms with E-state index in [-0.39, 0.29) is 12.5 Å². The van der Waals surface area contributed by atoms with Crippen LogP contribution >= 0.6 is 0 Å². The van der Waals surface area contributed by atoms with Crippen molar-refractivity contribution in [1.82, 2.24) is 19.2 Å². The van der Waals surface area contributed by atoms with Gasteiger partial charge in [0.25, 0.3) is 0 Å². The third kappa shape index (κ3) is 5.01. The van der Waals surface area contributed by atoms with Crippen LogP contribution < -0.4 is 20.5 Å². The quantitative estimate of drug-likeness (QED) is 0.734. The number of nitrogens with one attached hydrogen (secondary N) is 1. The fourth-order valence-electron chi connectivity index (χ4n) is 3.58. The number of benzene rings is 1. The SMILES string of the molecule is COc1ccc(NC(=O)CN2CCC(n3nc(C(F)(F)F)n(C)c3=O)CC2)cc1OC. The van der Waals surface area contributed by atoms with Crippen LogP contribution in [-0.2, 0) is 18.0 Å². The smallest absolute Gasteiger partial charge is 0.451 e. The molecular weight excluding hydrogens is 419 g/mol. The number of ether oxygens (including phenoxy) is 2. The first-order valence-corrected chi connectivity index (χ1v) is 9.61. The molecule has 2 aromatic rings. The molecule has 1 aromatic carbocycles. The molecule has 0 spiro atoms. The van der Waals surface area contributed by atoms with E-state index >= 15 is 0 Å². The second-order valence-corrected chi connectivity index (χ2v) is 7.23. The third-order valence-electron chi connectivity index (χ3n) is 5.19. The van der Waals surface area contributed by atoms with Crippen molar-refractivity contribution in [3.05, 3.63) is 34.5 Å². The maximum absolute atomic E-state index is 13.0.